The van der Waals surface area contributed by atoms with Crippen LogP contribution in [0.25, 0.3) is 11.1 Å². The van der Waals surface area contributed by atoms with Crippen molar-refractivity contribution >= 4 is 23.2 Å². The van der Waals surface area contributed by atoms with Gasteiger partial charge in [-0.05, 0) is 100 Å². The molecule has 5 rings (SSSR count). The van der Waals surface area contributed by atoms with Gasteiger partial charge in [-0.1, -0.05) is 38.1 Å². The van der Waals surface area contributed by atoms with Gasteiger partial charge in [0, 0.05) is 42.0 Å². The van der Waals surface area contributed by atoms with E-state index in [2.05, 4.69) is 29.0 Å². The molecule has 0 amide bonds. The highest BCUT2D eigenvalue weighted by molar-refractivity contribution is 5.93. The predicted octanol–water partition coefficient (Wildman–Crippen LogP) is 8.83. The highest BCUT2D eigenvalue weighted by atomic mass is 19.1. The van der Waals surface area contributed by atoms with Gasteiger partial charge in [-0.2, -0.15) is 0 Å². The first-order valence-corrected chi connectivity index (χ1v) is 16.6. The zero-order chi connectivity index (χ0) is 34.6. The molecule has 254 valence electrons. The highest BCUT2D eigenvalue weighted by Crippen LogP contribution is 2.47. The van der Waals surface area contributed by atoms with Crippen molar-refractivity contribution in [2.75, 3.05) is 29.9 Å². The molecule has 1 saturated heterocycles. The minimum absolute atomic E-state index is 0.175. The summed E-state index contributed by atoms with van der Waals surface area (Å²) in [6.45, 7) is 15.9. The van der Waals surface area contributed by atoms with Gasteiger partial charge in [0.05, 0.1) is 29.8 Å². The van der Waals surface area contributed by atoms with Crippen molar-refractivity contribution in [3.63, 3.8) is 0 Å². The van der Waals surface area contributed by atoms with Crippen LogP contribution in [0, 0.1) is 25.1 Å². The molecule has 2 aromatic carbocycles. The third kappa shape index (κ3) is 8.69. The van der Waals surface area contributed by atoms with Crippen molar-refractivity contribution in [2.45, 2.75) is 79.4 Å². The van der Waals surface area contributed by atoms with Gasteiger partial charge in [0.25, 0.3) is 0 Å². The number of hydrogen-bond acceptors (Lipinski definition) is 7. The van der Waals surface area contributed by atoms with Gasteiger partial charge in [-0.15, -0.1) is 0 Å². The Bertz CT molecular complexity index is 1710. The molecule has 1 fully saturated rings. The van der Waals surface area contributed by atoms with Gasteiger partial charge in [-0.25, -0.2) is 14.2 Å². The van der Waals surface area contributed by atoms with Crippen molar-refractivity contribution < 1.29 is 23.8 Å². The number of pyridine rings is 2. The van der Waals surface area contributed by atoms with Crippen molar-refractivity contribution in [1.82, 2.24) is 9.97 Å². The molecule has 2 aromatic heterocycles. The summed E-state index contributed by atoms with van der Waals surface area (Å²) in [7, 11) is 0. The number of benzene rings is 2. The van der Waals surface area contributed by atoms with E-state index in [-0.39, 0.29) is 11.2 Å². The molecule has 0 radical (unpaired) electrons. The van der Waals surface area contributed by atoms with Crippen molar-refractivity contribution in [2.24, 2.45) is 5.41 Å². The number of rotatable bonds is 11. The molecular weight excluding hydrogens is 607 g/mol. The Labute approximate surface area is 283 Å². The molecule has 2 N–H and O–H groups in total. The molecule has 0 bridgehead atoms. The maximum absolute atomic E-state index is 13.3. The molecule has 1 aliphatic rings. The molecule has 8 nitrogen and oxygen atoms in total. The Morgan fingerprint density at radius 2 is 1.69 bits per heavy atom. The number of aromatic nitrogens is 2. The second kappa shape index (κ2) is 14.3. The van der Waals surface area contributed by atoms with E-state index in [1.54, 1.807) is 18.3 Å². The quantitative estimate of drug-likeness (QED) is 0.166. The molecule has 0 spiro atoms. The molecular formula is C39H47FN4O4. The number of nitrogens with zero attached hydrogens (tertiary/aromatic N) is 3. The first kappa shape index (κ1) is 34.8. The fourth-order valence-corrected chi connectivity index (χ4v) is 5.96. The maximum Gasteiger partial charge on any atom is 0.337 e. The van der Waals surface area contributed by atoms with E-state index in [0.717, 1.165) is 59.7 Å². The molecule has 48 heavy (non-hydrogen) atoms. The molecule has 1 atom stereocenters. The average Bonchev–Trinajstić information content (AvgIpc) is 3.02. The van der Waals surface area contributed by atoms with Crippen LogP contribution in [-0.2, 0) is 16.0 Å². The lowest BCUT2D eigenvalue weighted by Gasteiger charge is -2.41. The summed E-state index contributed by atoms with van der Waals surface area (Å²) in [4.78, 5) is 24.8. The number of halogens is 1. The van der Waals surface area contributed by atoms with E-state index in [1.807, 2.05) is 71.0 Å². The molecule has 0 saturated carbocycles. The number of piperidine rings is 1. The van der Waals surface area contributed by atoms with E-state index in [9.17, 15) is 14.3 Å². The summed E-state index contributed by atoms with van der Waals surface area (Å²) < 4.78 is 25.7. The lowest BCUT2D eigenvalue weighted by molar-refractivity contribution is -0.160. The third-order valence-electron chi connectivity index (χ3n) is 8.68. The van der Waals surface area contributed by atoms with Crippen LogP contribution >= 0.6 is 0 Å². The first-order chi connectivity index (χ1) is 22.7. The number of aryl methyl sites for hydroxylation is 2. The van der Waals surface area contributed by atoms with Gasteiger partial charge in [-0.3, -0.25) is 4.98 Å². The number of ether oxygens (including phenoxy) is 2. The monoisotopic (exact) mass is 654 g/mol. The fraction of sp³-hybridized carbons (Fsp3) is 0.410. The molecule has 3 heterocycles. The number of carboxylic acids is 1. The number of nitrogens with one attached hydrogen (secondary N) is 1. The van der Waals surface area contributed by atoms with Crippen LogP contribution in [0.1, 0.15) is 76.1 Å². The van der Waals surface area contributed by atoms with Crippen molar-refractivity contribution in [1.29, 1.82) is 0 Å². The standard InChI is InChI=1S/C39H47FN4O4/c1-25-8-15-30(24-41-25)43-36-33(28-11-16-31(17-12-28)47-23-18-27-9-13-29(40)14-10-27)34(44-21-19-39(6,7)20-22-44)32(26(2)42-36)35(37(45)46)48-38(3,4)5/h8-17,24,35H,18-23H2,1-7H3,(H,42,43)(H,45,46). The van der Waals surface area contributed by atoms with Crippen LogP contribution in [0.15, 0.2) is 66.9 Å². The molecule has 1 unspecified atom stereocenters. The second-order valence-corrected chi connectivity index (χ2v) is 14.3. The predicted molar refractivity (Wildman–Crippen MR) is 189 cm³/mol. The number of carboxylic acid groups (broad SMARTS) is 1. The van der Waals surface area contributed by atoms with Crippen molar-refractivity contribution in [3.05, 3.63) is 95.2 Å². The normalized spacial score (nSPS) is 15.2. The van der Waals surface area contributed by atoms with Gasteiger partial charge in [0.15, 0.2) is 6.10 Å². The van der Waals surface area contributed by atoms with E-state index < -0.39 is 17.7 Å². The molecule has 0 aliphatic carbocycles. The van der Waals surface area contributed by atoms with Gasteiger partial charge >= 0.3 is 5.97 Å². The van der Waals surface area contributed by atoms with Crippen molar-refractivity contribution in [3.8, 4) is 16.9 Å². The minimum Gasteiger partial charge on any atom is -0.493 e. The summed E-state index contributed by atoms with van der Waals surface area (Å²) in [6.07, 6.45) is 3.10. The summed E-state index contributed by atoms with van der Waals surface area (Å²) in [5.41, 5.74) is 5.72. The van der Waals surface area contributed by atoms with E-state index in [4.69, 9.17) is 14.5 Å². The summed E-state index contributed by atoms with van der Waals surface area (Å²) in [6, 6.07) is 18.1. The Balaban J connectivity index is 1.62. The number of aliphatic carboxylic acids is 1. The molecule has 1 aliphatic heterocycles. The largest absolute Gasteiger partial charge is 0.493 e. The highest BCUT2D eigenvalue weighted by Gasteiger charge is 2.37. The Morgan fingerprint density at radius 1 is 1.02 bits per heavy atom. The Kier molecular flexibility index (Phi) is 10.4. The molecule has 4 aromatic rings. The van der Waals surface area contributed by atoms with Crippen LogP contribution in [0.5, 0.6) is 5.75 Å². The average molecular weight is 655 g/mol. The van der Waals surface area contributed by atoms with Crippen LogP contribution in [-0.4, -0.2) is 46.3 Å². The van der Waals surface area contributed by atoms with Crippen LogP contribution in [0.3, 0.4) is 0 Å². The van der Waals surface area contributed by atoms with Crippen LogP contribution < -0.4 is 15.0 Å². The number of hydrogen-bond donors (Lipinski definition) is 2. The second-order valence-electron chi connectivity index (χ2n) is 14.3. The van der Waals surface area contributed by atoms with Crippen LogP contribution in [0.2, 0.25) is 0 Å². The summed E-state index contributed by atoms with van der Waals surface area (Å²) in [5, 5.41) is 14.1. The number of anilines is 3. The zero-order valence-electron chi connectivity index (χ0n) is 29.1. The van der Waals surface area contributed by atoms with Gasteiger partial charge in [0.1, 0.15) is 17.4 Å². The zero-order valence-corrected chi connectivity index (χ0v) is 29.1. The maximum atomic E-state index is 13.3. The lowest BCUT2D eigenvalue weighted by Crippen LogP contribution is -2.39. The van der Waals surface area contributed by atoms with Gasteiger partial charge in [0.2, 0.25) is 0 Å². The Hall–Kier alpha value is -4.50. The smallest absolute Gasteiger partial charge is 0.337 e. The van der Waals surface area contributed by atoms with Crippen LogP contribution in [0.4, 0.5) is 21.6 Å². The number of carbonyl (C=O) groups is 1. The lowest BCUT2D eigenvalue weighted by atomic mass is 9.82. The summed E-state index contributed by atoms with van der Waals surface area (Å²) in [5.74, 6) is -0.0257. The summed E-state index contributed by atoms with van der Waals surface area (Å²) >= 11 is 0. The minimum atomic E-state index is -1.23. The Morgan fingerprint density at radius 3 is 2.27 bits per heavy atom. The molecule has 9 heteroatoms. The SMILES string of the molecule is Cc1ccc(Nc2nc(C)c(C(OC(C)(C)C)C(=O)O)c(N3CCC(C)(C)CC3)c2-c2ccc(OCCc3ccc(F)cc3)cc2)cn1. The first-order valence-electron chi connectivity index (χ1n) is 16.6. The fourth-order valence-electron chi connectivity index (χ4n) is 5.96. The van der Waals surface area contributed by atoms with Gasteiger partial charge < -0.3 is 24.8 Å². The van der Waals surface area contributed by atoms with E-state index in [1.165, 1.54) is 12.1 Å². The van der Waals surface area contributed by atoms with E-state index >= 15 is 0 Å². The third-order valence-corrected chi connectivity index (χ3v) is 8.68. The topological polar surface area (TPSA) is 96.8 Å². The van der Waals surface area contributed by atoms with E-state index in [0.29, 0.717) is 35.9 Å².